The SMILES string of the molecule is COC(C)(C)CCn1cc(Br)ccc1=O. The highest BCUT2D eigenvalue weighted by Gasteiger charge is 2.16. The Balaban J connectivity index is 2.73. The van der Waals surface area contributed by atoms with Crippen molar-refractivity contribution in [2.75, 3.05) is 7.11 Å². The molecule has 1 heterocycles. The molecule has 0 N–H and O–H groups in total. The van der Waals surface area contributed by atoms with Crippen LogP contribution in [0, 0.1) is 0 Å². The maximum absolute atomic E-state index is 11.5. The molecule has 3 nitrogen and oxygen atoms in total. The molecule has 0 radical (unpaired) electrons. The molecule has 15 heavy (non-hydrogen) atoms. The third kappa shape index (κ3) is 3.80. The van der Waals surface area contributed by atoms with E-state index in [0.29, 0.717) is 6.54 Å². The van der Waals surface area contributed by atoms with Gasteiger partial charge in [-0.1, -0.05) is 0 Å². The normalized spacial score (nSPS) is 11.7. The van der Waals surface area contributed by atoms with Crippen LogP contribution in [0.15, 0.2) is 27.6 Å². The monoisotopic (exact) mass is 273 g/mol. The summed E-state index contributed by atoms with van der Waals surface area (Å²) < 4.78 is 7.90. The van der Waals surface area contributed by atoms with Gasteiger partial charge in [0.05, 0.1) is 5.60 Å². The van der Waals surface area contributed by atoms with Crippen molar-refractivity contribution in [2.24, 2.45) is 0 Å². The standard InChI is InChI=1S/C11H16BrNO2/c1-11(2,15-3)6-7-13-8-9(12)4-5-10(13)14/h4-5,8H,6-7H2,1-3H3. The van der Waals surface area contributed by atoms with Crippen molar-refractivity contribution in [2.45, 2.75) is 32.4 Å². The van der Waals surface area contributed by atoms with Crippen molar-refractivity contribution >= 4 is 15.9 Å². The Bertz CT molecular complexity index is 384. The first-order valence-electron chi connectivity index (χ1n) is 4.86. The molecule has 4 heteroatoms. The minimum Gasteiger partial charge on any atom is -0.379 e. The van der Waals surface area contributed by atoms with E-state index in [4.69, 9.17) is 4.74 Å². The van der Waals surface area contributed by atoms with Gasteiger partial charge >= 0.3 is 0 Å². The second kappa shape index (κ2) is 4.94. The average molecular weight is 274 g/mol. The zero-order valence-electron chi connectivity index (χ0n) is 9.29. The van der Waals surface area contributed by atoms with Crippen LogP contribution in [0.1, 0.15) is 20.3 Å². The predicted molar refractivity (Wildman–Crippen MR) is 64.1 cm³/mol. The number of halogens is 1. The number of hydrogen-bond donors (Lipinski definition) is 0. The van der Waals surface area contributed by atoms with E-state index in [-0.39, 0.29) is 11.2 Å². The number of pyridine rings is 1. The van der Waals surface area contributed by atoms with Crippen molar-refractivity contribution < 1.29 is 4.74 Å². The van der Waals surface area contributed by atoms with Crippen LogP contribution in [0.5, 0.6) is 0 Å². The van der Waals surface area contributed by atoms with Crippen LogP contribution in [-0.2, 0) is 11.3 Å². The summed E-state index contributed by atoms with van der Waals surface area (Å²) >= 11 is 3.34. The molecule has 0 aliphatic rings. The van der Waals surface area contributed by atoms with Gasteiger partial charge in [-0.15, -0.1) is 0 Å². The van der Waals surface area contributed by atoms with E-state index >= 15 is 0 Å². The quantitative estimate of drug-likeness (QED) is 0.844. The lowest BCUT2D eigenvalue weighted by atomic mass is 10.1. The number of ether oxygens (including phenoxy) is 1. The Morgan fingerprint density at radius 1 is 1.47 bits per heavy atom. The van der Waals surface area contributed by atoms with Gasteiger partial charge in [-0.05, 0) is 42.3 Å². The number of aromatic nitrogens is 1. The number of hydrogen-bond acceptors (Lipinski definition) is 2. The van der Waals surface area contributed by atoms with Crippen LogP contribution in [0.4, 0.5) is 0 Å². The number of nitrogens with zero attached hydrogens (tertiary/aromatic N) is 1. The minimum atomic E-state index is -0.193. The molecule has 1 aromatic heterocycles. The fourth-order valence-corrected chi connectivity index (χ4v) is 1.55. The van der Waals surface area contributed by atoms with Crippen molar-refractivity contribution in [3.63, 3.8) is 0 Å². The topological polar surface area (TPSA) is 31.2 Å². The summed E-state index contributed by atoms with van der Waals surface area (Å²) in [6.45, 7) is 4.69. The lowest BCUT2D eigenvalue weighted by Gasteiger charge is -2.23. The highest BCUT2D eigenvalue weighted by molar-refractivity contribution is 9.10. The first kappa shape index (κ1) is 12.5. The molecule has 0 spiro atoms. The van der Waals surface area contributed by atoms with Gasteiger partial charge in [0.1, 0.15) is 0 Å². The highest BCUT2D eigenvalue weighted by Crippen LogP contribution is 2.14. The lowest BCUT2D eigenvalue weighted by molar-refractivity contribution is 0.0118. The molecular formula is C11H16BrNO2. The van der Waals surface area contributed by atoms with Gasteiger partial charge in [-0.2, -0.15) is 0 Å². The lowest BCUT2D eigenvalue weighted by Crippen LogP contribution is -2.27. The summed E-state index contributed by atoms with van der Waals surface area (Å²) in [5, 5.41) is 0. The molecule has 0 amide bonds. The molecule has 0 fully saturated rings. The molecule has 0 aliphatic heterocycles. The van der Waals surface area contributed by atoms with Gasteiger partial charge < -0.3 is 9.30 Å². The van der Waals surface area contributed by atoms with Gasteiger partial charge in [0.15, 0.2) is 0 Å². The van der Waals surface area contributed by atoms with E-state index < -0.39 is 0 Å². The molecule has 0 aliphatic carbocycles. The van der Waals surface area contributed by atoms with Gasteiger partial charge in [-0.25, -0.2) is 0 Å². The van der Waals surface area contributed by atoms with Gasteiger partial charge in [0.2, 0.25) is 0 Å². The molecular weight excluding hydrogens is 258 g/mol. The number of rotatable bonds is 4. The second-order valence-corrected chi connectivity index (χ2v) is 5.01. The Hall–Kier alpha value is -0.610. The van der Waals surface area contributed by atoms with Gasteiger partial charge in [0.25, 0.3) is 5.56 Å². The molecule has 0 bridgehead atoms. The Morgan fingerprint density at radius 2 is 2.13 bits per heavy atom. The minimum absolute atomic E-state index is 0.0186. The summed E-state index contributed by atoms with van der Waals surface area (Å²) in [6, 6.07) is 3.31. The van der Waals surface area contributed by atoms with Crippen LogP contribution in [-0.4, -0.2) is 17.3 Å². The summed E-state index contributed by atoms with van der Waals surface area (Å²) in [6.07, 6.45) is 2.61. The van der Waals surface area contributed by atoms with E-state index in [1.807, 2.05) is 13.8 Å². The summed E-state index contributed by atoms with van der Waals surface area (Å²) in [4.78, 5) is 11.5. The van der Waals surface area contributed by atoms with E-state index in [0.717, 1.165) is 10.9 Å². The molecule has 84 valence electrons. The Labute approximate surface area is 98.2 Å². The number of aryl methyl sites for hydroxylation is 1. The third-order valence-corrected chi connectivity index (χ3v) is 2.92. The van der Waals surface area contributed by atoms with E-state index in [1.165, 1.54) is 0 Å². The third-order valence-electron chi connectivity index (χ3n) is 2.45. The smallest absolute Gasteiger partial charge is 0.250 e. The van der Waals surface area contributed by atoms with Crippen molar-refractivity contribution in [3.8, 4) is 0 Å². The predicted octanol–water partition coefficient (Wildman–Crippen LogP) is 2.43. The van der Waals surface area contributed by atoms with E-state index in [1.54, 1.807) is 30.0 Å². The van der Waals surface area contributed by atoms with Crippen LogP contribution in [0.25, 0.3) is 0 Å². The molecule has 0 saturated heterocycles. The van der Waals surface area contributed by atoms with Crippen LogP contribution < -0.4 is 5.56 Å². The van der Waals surface area contributed by atoms with Crippen LogP contribution in [0.2, 0.25) is 0 Å². The van der Waals surface area contributed by atoms with E-state index in [2.05, 4.69) is 15.9 Å². The maximum atomic E-state index is 11.5. The van der Waals surface area contributed by atoms with Crippen molar-refractivity contribution in [1.29, 1.82) is 0 Å². The molecule has 0 saturated carbocycles. The fraction of sp³-hybridized carbons (Fsp3) is 0.545. The van der Waals surface area contributed by atoms with Crippen molar-refractivity contribution in [1.82, 2.24) is 4.57 Å². The molecule has 0 aromatic carbocycles. The zero-order chi connectivity index (χ0) is 11.5. The molecule has 1 aromatic rings. The molecule has 0 unspecified atom stereocenters. The molecule has 1 rings (SSSR count). The average Bonchev–Trinajstić information content (AvgIpc) is 2.20. The summed E-state index contributed by atoms with van der Waals surface area (Å²) in [7, 11) is 1.68. The van der Waals surface area contributed by atoms with Crippen LogP contribution in [0.3, 0.4) is 0 Å². The van der Waals surface area contributed by atoms with Crippen LogP contribution >= 0.6 is 15.9 Å². The molecule has 0 atom stereocenters. The largest absolute Gasteiger partial charge is 0.379 e. The summed E-state index contributed by atoms with van der Waals surface area (Å²) in [5.74, 6) is 0. The second-order valence-electron chi connectivity index (χ2n) is 4.09. The highest BCUT2D eigenvalue weighted by atomic mass is 79.9. The van der Waals surface area contributed by atoms with Gasteiger partial charge in [-0.3, -0.25) is 4.79 Å². The fourth-order valence-electron chi connectivity index (χ4n) is 1.17. The van der Waals surface area contributed by atoms with Gasteiger partial charge in [0, 0.05) is 30.4 Å². The summed E-state index contributed by atoms with van der Waals surface area (Å²) in [5.41, 5.74) is -0.174. The first-order valence-corrected chi connectivity index (χ1v) is 5.65. The maximum Gasteiger partial charge on any atom is 0.250 e. The Kier molecular flexibility index (Phi) is 4.11. The first-order chi connectivity index (χ1) is 6.94. The zero-order valence-corrected chi connectivity index (χ0v) is 10.9. The van der Waals surface area contributed by atoms with Crippen molar-refractivity contribution in [3.05, 3.63) is 33.2 Å². The Morgan fingerprint density at radius 3 is 2.73 bits per heavy atom. The number of methoxy groups -OCH3 is 1. The van der Waals surface area contributed by atoms with E-state index in [9.17, 15) is 4.79 Å².